The normalized spacial score (nSPS) is 17.0. The molecular formula is C28H29F2N9O3S. The molecule has 12 nitrogen and oxygen atoms in total. The molecule has 0 aliphatic carbocycles. The molecule has 6 heterocycles. The van der Waals surface area contributed by atoms with E-state index in [0.29, 0.717) is 81.0 Å². The van der Waals surface area contributed by atoms with Crippen LogP contribution < -0.4 is 10.6 Å². The van der Waals surface area contributed by atoms with Crippen LogP contribution in [0.2, 0.25) is 0 Å². The van der Waals surface area contributed by atoms with Crippen molar-refractivity contribution in [1.82, 2.24) is 34.2 Å². The zero-order valence-electron chi connectivity index (χ0n) is 23.2. The number of fused-ring (bicyclic) bond motifs is 3. The molecule has 2 N–H and O–H groups in total. The van der Waals surface area contributed by atoms with Gasteiger partial charge >= 0.3 is 0 Å². The van der Waals surface area contributed by atoms with Crippen molar-refractivity contribution in [2.75, 3.05) is 68.0 Å². The second-order valence-corrected chi connectivity index (χ2v) is 12.3. The lowest BCUT2D eigenvalue weighted by atomic mass is 10.1. The van der Waals surface area contributed by atoms with Crippen molar-refractivity contribution in [2.24, 2.45) is 0 Å². The quantitative estimate of drug-likeness (QED) is 0.308. The number of nitrogen functional groups attached to an aromatic ring is 1. The number of rotatable bonds is 6. The summed E-state index contributed by atoms with van der Waals surface area (Å²) >= 11 is 0. The van der Waals surface area contributed by atoms with Gasteiger partial charge in [-0.15, -0.1) is 0 Å². The Morgan fingerprint density at radius 1 is 1.02 bits per heavy atom. The Morgan fingerprint density at radius 2 is 1.81 bits per heavy atom. The summed E-state index contributed by atoms with van der Waals surface area (Å²) in [4.78, 5) is 23.1. The Bertz CT molecular complexity index is 1840. The summed E-state index contributed by atoms with van der Waals surface area (Å²) in [5.41, 5.74) is 8.37. The molecule has 224 valence electrons. The predicted octanol–water partition coefficient (Wildman–Crippen LogP) is 2.23. The van der Waals surface area contributed by atoms with Crippen LogP contribution >= 0.6 is 0 Å². The highest BCUT2D eigenvalue weighted by atomic mass is 32.2. The molecule has 0 saturated carbocycles. The van der Waals surface area contributed by atoms with Gasteiger partial charge in [0.25, 0.3) is 5.91 Å². The molecule has 2 fully saturated rings. The number of nitrogens with zero attached hydrogens (tertiary/aromatic N) is 8. The largest absolute Gasteiger partial charge is 0.463 e. The van der Waals surface area contributed by atoms with Crippen molar-refractivity contribution in [3.63, 3.8) is 0 Å². The van der Waals surface area contributed by atoms with Gasteiger partial charge in [0, 0.05) is 74.2 Å². The number of benzene rings is 1. The molecule has 0 spiro atoms. The van der Waals surface area contributed by atoms with E-state index in [-0.39, 0.29) is 17.2 Å². The number of halogens is 2. The van der Waals surface area contributed by atoms with Crippen molar-refractivity contribution >= 4 is 44.9 Å². The van der Waals surface area contributed by atoms with E-state index in [1.807, 2.05) is 21.7 Å². The standard InChI is InChI=1S/C28H29F2N9O3S/c29-20-15-21(30)24(14-18(20)27(40)37-9-12-43(41)13-10-37)36-6-3-35(4-7-36)5-8-38-26-19(17-32-38)23-16-22(25-2-1-11-42-25)34-39(23)28(31)33-26/h1-2,11,14-17H,3-10,12-13H2,(H2,31,33). The molecule has 7 rings (SSSR count). The van der Waals surface area contributed by atoms with E-state index in [9.17, 15) is 17.8 Å². The van der Waals surface area contributed by atoms with Crippen LogP contribution in [-0.4, -0.2) is 102 Å². The summed E-state index contributed by atoms with van der Waals surface area (Å²) in [6, 6.07) is 7.62. The first-order chi connectivity index (χ1) is 20.9. The Hall–Kier alpha value is -4.37. The molecule has 5 aromatic rings. The second-order valence-electron chi connectivity index (χ2n) is 10.6. The number of carbonyl (C=O) groups excluding carboxylic acids is 1. The molecule has 4 aromatic heterocycles. The maximum absolute atomic E-state index is 14.9. The zero-order valence-corrected chi connectivity index (χ0v) is 24.0. The summed E-state index contributed by atoms with van der Waals surface area (Å²) in [6.07, 6.45) is 3.34. The van der Waals surface area contributed by atoms with Crippen LogP contribution in [0, 0.1) is 11.6 Å². The molecule has 0 radical (unpaired) electrons. The van der Waals surface area contributed by atoms with E-state index >= 15 is 0 Å². The lowest BCUT2D eigenvalue weighted by Crippen LogP contribution is -2.47. The third-order valence-electron chi connectivity index (χ3n) is 8.08. The fourth-order valence-electron chi connectivity index (χ4n) is 5.69. The number of amides is 1. The first-order valence-corrected chi connectivity index (χ1v) is 15.5. The van der Waals surface area contributed by atoms with Gasteiger partial charge in [-0.3, -0.25) is 13.9 Å². The van der Waals surface area contributed by atoms with Crippen molar-refractivity contribution in [1.29, 1.82) is 0 Å². The Balaban J connectivity index is 1.02. The first kappa shape index (κ1) is 27.5. The van der Waals surface area contributed by atoms with Gasteiger partial charge in [-0.2, -0.15) is 19.7 Å². The van der Waals surface area contributed by atoms with Crippen LogP contribution in [0.5, 0.6) is 0 Å². The van der Waals surface area contributed by atoms with Crippen LogP contribution in [0.3, 0.4) is 0 Å². The number of hydrogen-bond donors (Lipinski definition) is 1. The van der Waals surface area contributed by atoms with E-state index < -0.39 is 28.3 Å². The van der Waals surface area contributed by atoms with Crippen LogP contribution in [0.25, 0.3) is 28.0 Å². The summed E-state index contributed by atoms with van der Waals surface area (Å²) in [7, 11) is -0.967. The fraction of sp³-hybridized carbons (Fsp3) is 0.357. The highest BCUT2D eigenvalue weighted by Crippen LogP contribution is 2.28. The predicted molar refractivity (Wildman–Crippen MR) is 157 cm³/mol. The van der Waals surface area contributed by atoms with Gasteiger partial charge in [0.05, 0.1) is 41.2 Å². The number of carbonyl (C=O) groups is 1. The monoisotopic (exact) mass is 609 g/mol. The lowest BCUT2D eigenvalue weighted by Gasteiger charge is -2.36. The van der Waals surface area contributed by atoms with Gasteiger partial charge in [-0.25, -0.2) is 13.5 Å². The number of aromatic nitrogens is 5. The molecule has 1 aromatic carbocycles. The maximum Gasteiger partial charge on any atom is 0.256 e. The van der Waals surface area contributed by atoms with Crippen molar-refractivity contribution < 1.29 is 22.2 Å². The Morgan fingerprint density at radius 3 is 2.56 bits per heavy atom. The van der Waals surface area contributed by atoms with Crippen molar-refractivity contribution in [3.8, 4) is 11.5 Å². The highest BCUT2D eigenvalue weighted by molar-refractivity contribution is 7.85. The minimum atomic E-state index is -0.967. The zero-order chi connectivity index (χ0) is 29.7. The van der Waals surface area contributed by atoms with Gasteiger partial charge in [-0.1, -0.05) is 0 Å². The number of furan rings is 1. The summed E-state index contributed by atoms with van der Waals surface area (Å²) in [5, 5.41) is 9.90. The molecule has 0 unspecified atom stereocenters. The van der Waals surface area contributed by atoms with E-state index in [1.54, 1.807) is 23.0 Å². The van der Waals surface area contributed by atoms with Crippen LogP contribution in [-0.2, 0) is 17.3 Å². The Labute approximate surface area is 247 Å². The SMILES string of the molecule is Nc1nc2c(cnn2CCN2CCN(c3cc(C(=O)N4CCS(=O)CC4)c(F)cc3F)CC2)c2cc(-c3ccco3)nn12. The molecule has 0 atom stereocenters. The number of piperazine rings is 1. The van der Waals surface area contributed by atoms with Gasteiger partial charge in [0.1, 0.15) is 17.3 Å². The van der Waals surface area contributed by atoms with Gasteiger partial charge in [0.15, 0.2) is 11.4 Å². The molecule has 2 aliphatic rings. The number of anilines is 2. The van der Waals surface area contributed by atoms with E-state index in [0.717, 1.165) is 17.0 Å². The summed E-state index contributed by atoms with van der Waals surface area (Å²) < 4.78 is 50.1. The molecule has 2 aliphatic heterocycles. The van der Waals surface area contributed by atoms with Crippen molar-refractivity contribution in [2.45, 2.75) is 6.54 Å². The van der Waals surface area contributed by atoms with E-state index in [2.05, 4.69) is 20.1 Å². The molecule has 1 amide bonds. The van der Waals surface area contributed by atoms with Crippen LogP contribution in [0.15, 0.2) is 47.2 Å². The van der Waals surface area contributed by atoms with Crippen LogP contribution in [0.1, 0.15) is 10.4 Å². The molecule has 43 heavy (non-hydrogen) atoms. The second kappa shape index (κ2) is 11.0. The highest BCUT2D eigenvalue weighted by Gasteiger charge is 2.27. The molecule has 0 bridgehead atoms. The van der Waals surface area contributed by atoms with Crippen molar-refractivity contribution in [3.05, 3.63) is 60.0 Å². The Kier molecular flexibility index (Phi) is 7.05. The summed E-state index contributed by atoms with van der Waals surface area (Å²) in [6.45, 7) is 4.15. The average molecular weight is 610 g/mol. The van der Waals surface area contributed by atoms with Gasteiger partial charge in [-0.05, 0) is 24.3 Å². The number of nitrogens with two attached hydrogens (primary N) is 1. The van der Waals surface area contributed by atoms with E-state index in [4.69, 9.17) is 10.2 Å². The minimum absolute atomic E-state index is 0.160. The maximum atomic E-state index is 14.9. The van der Waals surface area contributed by atoms with Gasteiger partial charge in [0.2, 0.25) is 5.95 Å². The molecule has 15 heteroatoms. The van der Waals surface area contributed by atoms with Crippen LogP contribution in [0.4, 0.5) is 20.4 Å². The molecular weight excluding hydrogens is 580 g/mol. The third kappa shape index (κ3) is 5.12. The minimum Gasteiger partial charge on any atom is -0.463 e. The third-order valence-corrected chi connectivity index (χ3v) is 9.36. The smallest absolute Gasteiger partial charge is 0.256 e. The average Bonchev–Trinajstić information content (AvgIpc) is 3.77. The van der Waals surface area contributed by atoms with E-state index in [1.165, 1.54) is 11.0 Å². The number of hydrogen-bond acceptors (Lipinski definition) is 9. The fourth-order valence-corrected chi connectivity index (χ4v) is 6.75. The molecule has 2 saturated heterocycles. The summed E-state index contributed by atoms with van der Waals surface area (Å²) in [5.74, 6) is -0.487. The lowest BCUT2D eigenvalue weighted by molar-refractivity contribution is 0.0766. The topological polar surface area (TPSA) is 131 Å². The first-order valence-electron chi connectivity index (χ1n) is 14.0. The van der Waals surface area contributed by atoms with Gasteiger partial charge < -0.3 is 20.0 Å².